The Kier molecular flexibility index (Phi) is 4.32. The Bertz CT molecular complexity index is 798. The van der Waals surface area contributed by atoms with Crippen LogP contribution in [0.4, 0.5) is 0 Å². The van der Waals surface area contributed by atoms with E-state index < -0.39 is 5.97 Å². The number of carboxylic acid groups (broad SMARTS) is 1. The van der Waals surface area contributed by atoms with E-state index in [-0.39, 0.29) is 22.9 Å². The summed E-state index contributed by atoms with van der Waals surface area (Å²) in [5.74, 6) is -0.303. The van der Waals surface area contributed by atoms with Gasteiger partial charge < -0.3 is 14.7 Å². The zero-order chi connectivity index (χ0) is 17.4. The summed E-state index contributed by atoms with van der Waals surface area (Å²) in [6.07, 6.45) is 0.750. The zero-order valence-corrected chi connectivity index (χ0v) is 14.6. The zero-order valence-electron chi connectivity index (χ0n) is 13.8. The van der Waals surface area contributed by atoms with Crippen molar-refractivity contribution in [1.29, 1.82) is 0 Å². The quantitative estimate of drug-likeness (QED) is 0.923. The van der Waals surface area contributed by atoms with E-state index >= 15 is 0 Å². The first kappa shape index (κ1) is 16.5. The lowest BCUT2D eigenvalue weighted by molar-refractivity contribution is 0.0585. The summed E-state index contributed by atoms with van der Waals surface area (Å²) in [5.41, 5.74) is 2.30. The molecule has 2 heterocycles. The largest absolute Gasteiger partial charge is 0.497 e. The first-order chi connectivity index (χ1) is 11.4. The minimum atomic E-state index is -1.00. The highest BCUT2D eigenvalue weighted by atomic mass is 32.1. The van der Waals surface area contributed by atoms with Gasteiger partial charge in [-0.25, -0.2) is 4.79 Å². The van der Waals surface area contributed by atoms with Gasteiger partial charge >= 0.3 is 5.97 Å². The first-order valence-electron chi connectivity index (χ1n) is 7.75. The molecule has 0 fully saturated rings. The van der Waals surface area contributed by atoms with Gasteiger partial charge in [0.2, 0.25) is 0 Å². The number of carbonyl (C=O) groups excluding carboxylic acids is 1. The number of hydrogen-bond donors (Lipinski definition) is 1. The minimum Gasteiger partial charge on any atom is -0.497 e. The number of nitrogens with zero attached hydrogens (tertiary/aromatic N) is 1. The fourth-order valence-corrected chi connectivity index (χ4v) is 4.10. The molecule has 2 aromatic rings. The fraction of sp³-hybridized carbons (Fsp3) is 0.333. The molecule has 0 radical (unpaired) electrons. The molecule has 1 aliphatic heterocycles. The normalized spacial score (nSPS) is 19.7. The molecule has 2 unspecified atom stereocenters. The van der Waals surface area contributed by atoms with Gasteiger partial charge in [0.05, 0.1) is 18.0 Å². The van der Waals surface area contributed by atoms with E-state index in [9.17, 15) is 9.59 Å². The predicted molar refractivity (Wildman–Crippen MR) is 92.0 cm³/mol. The van der Waals surface area contributed by atoms with Gasteiger partial charge in [-0.1, -0.05) is 6.07 Å². The average molecular weight is 345 g/mol. The molecule has 5 nitrogen and oxygen atoms in total. The van der Waals surface area contributed by atoms with Gasteiger partial charge in [0, 0.05) is 6.04 Å². The molecule has 0 saturated heterocycles. The van der Waals surface area contributed by atoms with Crippen LogP contribution in [0.3, 0.4) is 0 Å². The number of benzene rings is 1. The molecular weight excluding hydrogens is 326 g/mol. The lowest BCUT2D eigenvalue weighted by Gasteiger charge is -2.40. The van der Waals surface area contributed by atoms with E-state index in [1.165, 1.54) is 11.6 Å². The summed E-state index contributed by atoms with van der Waals surface area (Å²) in [6, 6.07) is 8.97. The number of carboxylic acids is 1. The lowest BCUT2D eigenvalue weighted by atomic mass is 9.89. The lowest BCUT2D eigenvalue weighted by Crippen LogP contribution is -2.44. The molecule has 1 aliphatic rings. The number of fused-ring (bicyclic) bond motifs is 1. The predicted octanol–water partition coefficient (Wildman–Crippen LogP) is 3.60. The van der Waals surface area contributed by atoms with Gasteiger partial charge in [0.15, 0.2) is 0 Å². The Labute approximate surface area is 144 Å². The van der Waals surface area contributed by atoms with Crippen LogP contribution in [0, 0.1) is 0 Å². The van der Waals surface area contributed by atoms with Crippen molar-refractivity contribution in [3.8, 4) is 5.75 Å². The minimum absolute atomic E-state index is 0.0301. The van der Waals surface area contributed by atoms with Crippen molar-refractivity contribution in [2.75, 3.05) is 7.11 Å². The van der Waals surface area contributed by atoms with Crippen LogP contribution in [0.15, 0.2) is 30.3 Å². The highest BCUT2D eigenvalue weighted by Crippen LogP contribution is 2.36. The van der Waals surface area contributed by atoms with E-state index in [1.54, 1.807) is 13.2 Å². The smallest absolute Gasteiger partial charge is 0.345 e. The number of amides is 1. The molecule has 0 spiro atoms. The molecule has 0 aliphatic carbocycles. The van der Waals surface area contributed by atoms with Gasteiger partial charge in [-0.05, 0) is 55.7 Å². The van der Waals surface area contributed by atoms with Crippen molar-refractivity contribution in [2.45, 2.75) is 32.4 Å². The third-order valence-electron chi connectivity index (χ3n) is 4.47. The van der Waals surface area contributed by atoms with Gasteiger partial charge in [0.25, 0.3) is 5.91 Å². The maximum atomic E-state index is 12.9. The highest BCUT2D eigenvalue weighted by Gasteiger charge is 2.34. The highest BCUT2D eigenvalue weighted by molar-refractivity contribution is 7.15. The molecule has 6 heteroatoms. The van der Waals surface area contributed by atoms with Crippen LogP contribution in [0.2, 0.25) is 0 Å². The third kappa shape index (κ3) is 2.78. The Balaban J connectivity index is 1.92. The summed E-state index contributed by atoms with van der Waals surface area (Å²) in [4.78, 5) is 26.4. The van der Waals surface area contributed by atoms with Crippen LogP contribution in [-0.2, 0) is 6.42 Å². The molecule has 1 amide bonds. The Morgan fingerprint density at radius 2 is 1.92 bits per heavy atom. The van der Waals surface area contributed by atoms with E-state index in [0.29, 0.717) is 4.88 Å². The van der Waals surface area contributed by atoms with Crippen LogP contribution in [0.5, 0.6) is 5.75 Å². The maximum absolute atomic E-state index is 12.9. The number of ether oxygens (including phenoxy) is 1. The summed E-state index contributed by atoms with van der Waals surface area (Å²) < 4.78 is 5.29. The van der Waals surface area contributed by atoms with Gasteiger partial charge in [0.1, 0.15) is 10.6 Å². The number of carbonyl (C=O) groups is 2. The van der Waals surface area contributed by atoms with E-state index in [0.717, 1.165) is 29.1 Å². The number of aromatic carboxylic acids is 1. The summed E-state index contributed by atoms with van der Waals surface area (Å²) in [5, 5.41) is 9.05. The molecule has 0 bridgehead atoms. The van der Waals surface area contributed by atoms with E-state index in [4.69, 9.17) is 9.84 Å². The van der Waals surface area contributed by atoms with Crippen molar-refractivity contribution in [2.24, 2.45) is 0 Å². The number of rotatable bonds is 3. The average Bonchev–Trinajstić information content (AvgIpc) is 3.04. The molecule has 0 saturated carbocycles. The first-order valence-corrected chi connectivity index (χ1v) is 8.56. The molecule has 126 valence electrons. The summed E-state index contributed by atoms with van der Waals surface area (Å²) >= 11 is 1.02. The number of methoxy groups -OCH3 is 1. The number of hydrogen-bond acceptors (Lipinski definition) is 4. The standard InChI is InChI=1S/C18H19NO4S/c1-10-8-12-9-13(23-3)4-5-14(12)11(2)19(10)17(20)15-6-7-16(24-15)18(21)22/h4-7,9-11H,8H2,1-3H3,(H,21,22). The van der Waals surface area contributed by atoms with Crippen molar-refractivity contribution >= 4 is 23.2 Å². The molecule has 1 N–H and O–H groups in total. The maximum Gasteiger partial charge on any atom is 0.345 e. The van der Waals surface area contributed by atoms with Crippen LogP contribution >= 0.6 is 11.3 Å². The summed E-state index contributed by atoms with van der Waals surface area (Å²) in [7, 11) is 1.64. The van der Waals surface area contributed by atoms with Gasteiger partial charge in [-0.2, -0.15) is 0 Å². The summed E-state index contributed by atoms with van der Waals surface area (Å²) in [6.45, 7) is 4.02. The second-order valence-corrected chi connectivity index (χ2v) is 7.06. The topological polar surface area (TPSA) is 66.8 Å². The van der Waals surface area contributed by atoms with E-state index in [1.807, 2.05) is 36.9 Å². The molecule has 3 rings (SSSR count). The van der Waals surface area contributed by atoms with Gasteiger partial charge in [-0.3, -0.25) is 4.79 Å². The Morgan fingerprint density at radius 1 is 1.21 bits per heavy atom. The van der Waals surface area contributed by atoms with Crippen LogP contribution in [0.1, 0.15) is 50.4 Å². The fourth-order valence-electron chi connectivity index (χ4n) is 3.31. The van der Waals surface area contributed by atoms with E-state index in [2.05, 4.69) is 0 Å². The third-order valence-corrected chi connectivity index (χ3v) is 5.53. The van der Waals surface area contributed by atoms with Crippen molar-refractivity contribution in [3.63, 3.8) is 0 Å². The molecule has 1 aromatic heterocycles. The SMILES string of the molecule is COc1ccc2c(c1)CC(C)N(C(=O)c1ccc(C(=O)O)s1)C2C. The van der Waals surface area contributed by atoms with Crippen molar-refractivity contribution in [3.05, 3.63) is 51.2 Å². The van der Waals surface area contributed by atoms with Gasteiger partial charge in [-0.15, -0.1) is 11.3 Å². The Hall–Kier alpha value is -2.34. The van der Waals surface area contributed by atoms with Crippen molar-refractivity contribution < 1.29 is 19.4 Å². The van der Waals surface area contributed by atoms with Crippen molar-refractivity contribution in [1.82, 2.24) is 4.90 Å². The Morgan fingerprint density at radius 3 is 2.54 bits per heavy atom. The molecule has 2 atom stereocenters. The van der Waals surface area contributed by atoms with Crippen LogP contribution in [0.25, 0.3) is 0 Å². The molecule has 24 heavy (non-hydrogen) atoms. The van der Waals surface area contributed by atoms with Crippen LogP contribution in [-0.4, -0.2) is 35.0 Å². The van der Waals surface area contributed by atoms with Crippen LogP contribution < -0.4 is 4.74 Å². The second-order valence-electron chi connectivity index (χ2n) is 5.98. The second kappa shape index (κ2) is 6.28. The number of thiophene rings is 1. The molecular formula is C18H19NO4S. The molecule has 1 aromatic carbocycles. The monoisotopic (exact) mass is 345 g/mol.